The van der Waals surface area contributed by atoms with Gasteiger partial charge in [0, 0.05) is 13.1 Å². The number of hydrogen-bond donors (Lipinski definition) is 1. The van der Waals surface area contributed by atoms with Crippen molar-refractivity contribution >= 4 is 11.8 Å². The highest BCUT2D eigenvalue weighted by Crippen LogP contribution is 2.16. The van der Waals surface area contributed by atoms with Crippen molar-refractivity contribution in [2.75, 3.05) is 13.1 Å². The zero-order chi connectivity index (χ0) is 16.4. The molecule has 0 saturated heterocycles. The van der Waals surface area contributed by atoms with Crippen LogP contribution in [0.1, 0.15) is 40.6 Å². The van der Waals surface area contributed by atoms with Crippen molar-refractivity contribution in [1.82, 2.24) is 20.0 Å². The van der Waals surface area contributed by atoms with E-state index < -0.39 is 0 Å². The molecular formula is C16H20N4O3. The second kappa shape index (κ2) is 6.28. The third-order valence-corrected chi connectivity index (χ3v) is 3.72. The van der Waals surface area contributed by atoms with Crippen molar-refractivity contribution in [3.63, 3.8) is 0 Å². The molecule has 1 aliphatic heterocycles. The number of fused-ring (bicyclic) bond motifs is 1. The van der Waals surface area contributed by atoms with Gasteiger partial charge in [0.2, 0.25) is 0 Å². The number of carbonyl (C=O) groups is 2. The minimum atomic E-state index is -0.176. The molecule has 0 spiro atoms. The van der Waals surface area contributed by atoms with E-state index in [1.165, 1.54) is 6.26 Å². The maximum absolute atomic E-state index is 12.3. The number of hydrogen-bond acceptors (Lipinski definition) is 4. The molecule has 0 fully saturated rings. The van der Waals surface area contributed by atoms with Gasteiger partial charge in [0.1, 0.15) is 0 Å². The Labute approximate surface area is 134 Å². The molecular weight excluding hydrogens is 296 g/mol. The highest BCUT2D eigenvalue weighted by atomic mass is 16.3. The van der Waals surface area contributed by atoms with Gasteiger partial charge in [-0.15, -0.1) is 0 Å². The van der Waals surface area contributed by atoms with Crippen LogP contribution in [0.3, 0.4) is 0 Å². The zero-order valence-corrected chi connectivity index (χ0v) is 13.3. The molecule has 2 aromatic heterocycles. The Balaban J connectivity index is 1.69. The predicted molar refractivity (Wildman–Crippen MR) is 82.8 cm³/mol. The second-order valence-corrected chi connectivity index (χ2v) is 6.05. The zero-order valence-electron chi connectivity index (χ0n) is 13.3. The van der Waals surface area contributed by atoms with Gasteiger partial charge in [-0.2, -0.15) is 5.10 Å². The van der Waals surface area contributed by atoms with E-state index in [0.29, 0.717) is 43.6 Å². The summed E-state index contributed by atoms with van der Waals surface area (Å²) in [5.74, 6) is 0.392. The first-order valence-electron chi connectivity index (χ1n) is 7.72. The lowest BCUT2D eigenvalue weighted by atomic mass is 10.2. The normalized spacial score (nSPS) is 14.0. The molecule has 23 heavy (non-hydrogen) atoms. The number of rotatable bonds is 4. The van der Waals surface area contributed by atoms with E-state index in [9.17, 15) is 9.59 Å². The molecule has 0 radical (unpaired) electrons. The molecule has 0 bridgehead atoms. The van der Waals surface area contributed by atoms with Crippen LogP contribution in [0.5, 0.6) is 0 Å². The highest BCUT2D eigenvalue weighted by Gasteiger charge is 2.25. The summed E-state index contributed by atoms with van der Waals surface area (Å²) in [6, 6.07) is 5.09. The maximum Gasteiger partial charge on any atom is 0.289 e. The molecule has 3 rings (SSSR count). The third-order valence-electron chi connectivity index (χ3n) is 3.72. The topological polar surface area (TPSA) is 80.4 Å². The summed E-state index contributed by atoms with van der Waals surface area (Å²) in [7, 11) is 0. The standard InChI is InChI=1S/C16H20N4O3/c1-11(2)9-17-15(21)13-8-12-10-19(5-6-20(12)18-13)16(22)14-4-3-7-23-14/h3-4,7-8,11H,5-6,9-10H2,1-2H3,(H,17,21). The van der Waals surface area contributed by atoms with Gasteiger partial charge >= 0.3 is 0 Å². The van der Waals surface area contributed by atoms with Crippen LogP contribution in [0.25, 0.3) is 0 Å². The van der Waals surface area contributed by atoms with E-state index in [4.69, 9.17) is 4.42 Å². The average molecular weight is 316 g/mol. The Bertz CT molecular complexity index is 703. The van der Waals surface area contributed by atoms with Gasteiger partial charge in [-0.25, -0.2) is 0 Å². The molecule has 0 aliphatic carbocycles. The lowest BCUT2D eigenvalue weighted by Crippen LogP contribution is -2.38. The van der Waals surface area contributed by atoms with Crippen LogP contribution in [-0.2, 0) is 13.1 Å². The summed E-state index contributed by atoms with van der Waals surface area (Å²) >= 11 is 0. The molecule has 122 valence electrons. The molecule has 7 heteroatoms. The van der Waals surface area contributed by atoms with Crippen LogP contribution in [-0.4, -0.2) is 39.6 Å². The maximum atomic E-state index is 12.3. The van der Waals surface area contributed by atoms with Gasteiger partial charge in [-0.05, 0) is 24.1 Å². The molecule has 0 aromatic carbocycles. The van der Waals surface area contributed by atoms with E-state index in [1.54, 1.807) is 27.8 Å². The summed E-state index contributed by atoms with van der Waals surface area (Å²) in [4.78, 5) is 26.1. The van der Waals surface area contributed by atoms with Gasteiger partial charge in [-0.3, -0.25) is 14.3 Å². The van der Waals surface area contributed by atoms with Crippen molar-refractivity contribution in [2.45, 2.75) is 26.9 Å². The Morgan fingerprint density at radius 1 is 1.39 bits per heavy atom. The Kier molecular flexibility index (Phi) is 4.18. The molecule has 0 saturated carbocycles. The highest BCUT2D eigenvalue weighted by molar-refractivity contribution is 5.93. The van der Waals surface area contributed by atoms with E-state index >= 15 is 0 Å². The Hall–Kier alpha value is -2.57. The fourth-order valence-electron chi connectivity index (χ4n) is 2.49. The van der Waals surface area contributed by atoms with E-state index in [0.717, 1.165) is 5.69 Å². The SMILES string of the molecule is CC(C)CNC(=O)c1cc2n(n1)CCN(C(=O)c1ccco1)C2. The summed E-state index contributed by atoms with van der Waals surface area (Å²) in [6.07, 6.45) is 1.48. The molecule has 1 aliphatic rings. The monoisotopic (exact) mass is 316 g/mol. The summed E-state index contributed by atoms with van der Waals surface area (Å²) in [6.45, 7) is 6.22. The van der Waals surface area contributed by atoms with Crippen LogP contribution >= 0.6 is 0 Å². The fourth-order valence-corrected chi connectivity index (χ4v) is 2.49. The average Bonchev–Trinajstić information content (AvgIpc) is 3.20. The number of nitrogens with one attached hydrogen (secondary N) is 1. The summed E-state index contributed by atoms with van der Waals surface area (Å²) in [5.41, 5.74) is 1.25. The van der Waals surface area contributed by atoms with Gasteiger partial charge < -0.3 is 14.6 Å². The minimum Gasteiger partial charge on any atom is -0.459 e. The second-order valence-electron chi connectivity index (χ2n) is 6.05. The molecule has 2 aromatic rings. The first kappa shape index (κ1) is 15.3. The number of aromatic nitrogens is 2. The van der Waals surface area contributed by atoms with Gasteiger partial charge in [0.25, 0.3) is 11.8 Å². The number of amides is 2. The first-order chi connectivity index (χ1) is 11.0. The van der Waals surface area contributed by atoms with Crippen LogP contribution < -0.4 is 5.32 Å². The van der Waals surface area contributed by atoms with Crippen molar-refractivity contribution in [2.24, 2.45) is 5.92 Å². The van der Waals surface area contributed by atoms with Crippen molar-refractivity contribution in [1.29, 1.82) is 0 Å². The molecule has 0 atom stereocenters. The number of furan rings is 1. The summed E-state index contributed by atoms with van der Waals surface area (Å²) in [5, 5.41) is 7.18. The van der Waals surface area contributed by atoms with Crippen LogP contribution in [0.15, 0.2) is 28.9 Å². The van der Waals surface area contributed by atoms with Crippen LogP contribution in [0, 0.1) is 5.92 Å². The lowest BCUT2D eigenvalue weighted by molar-refractivity contribution is 0.0673. The Morgan fingerprint density at radius 3 is 2.91 bits per heavy atom. The lowest BCUT2D eigenvalue weighted by Gasteiger charge is -2.26. The predicted octanol–water partition coefficient (Wildman–Crippen LogP) is 1.52. The molecule has 3 heterocycles. The molecule has 2 amide bonds. The minimum absolute atomic E-state index is 0.145. The van der Waals surface area contributed by atoms with Crippen molar-refractivity contribution in [3.8, 4) is 0 Å². The molecule has 7 nitrogen and oxygen atoms in total. The summed E-state index contributed by atoms with van der Waals surface area (Å²) < 4.78 is 6.94. The largest absolute Gasteiger partial charge is 0.459 e. The molecule has 0 unspecified atom stereocenters. The van der Waals surface area contributed by atoms with E-state index in [-0.39, 0.29) is 11.8 Å². The Morgan fingerprint density at radius 2 is 2.22 bits per heavy atom. The molecule has 1 N–H and O–H groups in total. The third kappa shape index (κ3) is 3.28. The fraction of sp³-hybridized carbons (Fsp3) is 0.438. The van der Waals surface area contributed by atoms with Crippen molar-refractivity contribution in [3.05, 3.63) is 41.6 Å². The van der Waals surface area contributed by atoms with Crippen LogP contribution in [0.4, 0.5) is 0 Å². The first-order valence-corrected chi connectivity index (χ1v) is 7.72. The quantitative estimate of drug-likeness (QED) is 0.927. The van der Waals surface area contributed by atoms with Gasteiger partial charge in [0.15, 0.2) is 11.5 Å². The van der Waals surface area contributed by atoms with Crippen molar-refractivity contribution < 1.29 is 14.0 Å². The van der Waals surface area contributed by atoms with E-state index in [1.807, 2.05) is 13.8 Å². The van der Waals surface area contributed by atoms with E-state index in [2.05, 4.69) is 10.4 Å². The van der Waals surface area contributed by atoms with Gasteiger partial charge in [0.05, 0.1) is 25.0 Å². The number of nitrogens with zero attached hydrogens (tertiary/aromatic N) is 3. The van der Waals surface area contributed by atoms with Gasteiger partial charge in [-0.1, -0.05) is 13.8 Å². The smallest absolute Gasteiger partial charge is 0.289 e. The van der Waals surface area contributed by atoms with Crippen LogP contribution in [0.2, 0.25) is 0 Å². The number of carbonyl (C=O) groups excluding carboxylic acids is 2.